The van der Waals surface area contributed by atoms with Crippen LogP contribution in [0.2, 0.25) is 0 Å². The summed E-state index contributed by atoms with van der Waals surface area (Å²) in [6.45, 7) is 4.25. The summed E-state index contributed by atoms with van der Waals surface area (Å²) in [4.78, 5) is 14.4. The molecule has 1 aromatic heterocycles. The molecule has 0 bridgehead atoms. The Balaban J connectivity index is 1.97. The van der Waals surface area contributed by atoms with Crippen molar-refractivity contribution >= 4 is 0 Å². The molecular weight excluding hydrogens is 254 g/mol. The Morgan fingerprint density at radius 3 is 2.85 bits per heavy atom. The van der Waals surface area contributed by atoms with Crippen LogP contribution in [0.4, 0.5) is 0 Å². The second-order valence-corrected chi connectivity index (χ2v) is 5.68. The highest BCUT2D eigenvalue weighted by Crippen LogP contribution is 2.14. The van der Waals surface area contributed by atoms with E-state index in [4.69, 9.17) is 4.74 Å². The molecule has 0 unspecified atom stereocenters. The predicted molar refractivity (Wildman–Crippen MR) is 80.3 cm³/mol. The van der Waals surface area contributed by atoms with Crippen molar-refractivity contribution in [2.75, 3.05) is 40.3 Å². The second kappa shape index (κ2) is 7.45. The van der Waals surface area contributed by atoms with Crippen molar-refractivity contribution in [3.63, 3.8) is 0 Å². The van der Waals surface area contributed by atoms with Crippen LogP contribution >= 0.6 is 0 Å². The first-order chi connectivity index (χ1) is 9.66. The van der Waals surface area contributed by atoms with Gasteiger partial charge in [-0.25, -0.2) is 0 Å². The van der Waals surface area contributed by atoms with E-state index in [1.807, 2.05) is 31.3 Å². The van der Waals surface area contributed by atoms with Crippen LogP contribution in [0.25, 0.3) is 0 Å². The van der Waals surface area contributed by atoms with Gasteiger partial charge in [0.15, 0.2) is 5.75 Å². The molecule has 2 rings (SSSR count). The lowest BCUT2D eigenvalue weighted by atomic mass is 9.98. The summed E-state index contributed by atoms with van der Waals surface area (Å²) in [5, 5.41) is 3.35. The summed E-state index contributed by atoms with van der Waals surface area (Å²) in [5.41, 5.74) is -0.00945. The Labute approximate surface area is 120 Å². The number of aromatic nitrogens is 1. The summed E-state index contributed by atoms with van der Waals surface area (Å²) in [5.74, 6) is 1.05. The predicted octanol–water partition coefficient (Wildman–Crippen LogP) is 0.788. The number of hydrogen-bond donors (Lipinski definition) is 1. The van der Waals surface area contributed by atoms with E-state index < -0.39 is 0 Å². The van der Waals surface area contributed by atoms with E-state index >= 15 is 0 Å². The lowest BCUT2D eigenvalue weighted by Gasteiger charge is -2.23. The fourth-order valence-electron chi connectivity index (χ4n) is 2.45. The van der Waals surface area contributed by atoms with Gasteiger partial charge < -0.3 is 19.5 Å². The van der Waals surface area contributed by atoms with Gasteiger partial charge in [-0.3, -0.25) is 4.79 Å². The molecule has 0 radical (unpaired) electrons. The van der Waals surface area contributed by atoms with Crippen molar-refractivity contribution in [3.05, 3.63) is 28.7 Å². The Morgan fingerprint density at radius 2 is 2.15 bits per heavy atom. The van der Waals surface area contributed by atoms with Gasteiger partial charge in [0.2, 0.25) is 0 Å². The van der Waals surface area contributed by atoms with E-state index in [1.165, 1.54) is 0 Å². The molecule has 112 valence electrons. The smallest absolute Gasteiger partial charge is 0.292 e. The van der Waals surface area contributed by atoms with E-state index in [9.17, 15) is 4.79 Å². The topological polar surface area (TPSA) is 46.5 Å². The highest BCUT2D eigenvalue weighted by molar-refractivity contribution is 5.17. The average molecular weight is 279 g/mol. The molecule has 5 nitrogen and oxygen atoms in total. The molecule has 0 amide bonds. The summed E-state index contributed by atoms with van der Waals surface area (Å²) in [6, 6.07) is 3.66. The Kier molecular flexibility index (Phi) is 5.61. The van der Waals surface area contributed by atoms with E-state index in [0.717, 1.165) is 39.0 Å². The van der Waals surface area contributed by atoms with Gasteiger partial charge in [0, 0.05) is 19.3 Å². The fraction of sp³-hybridized carbons (Fsp3) is 0.667. The molecular formula is C15H25N3O2. The largest absolute Gasteiger partial charge is 0.487 e. The molecule has 0 aliphatic carbocycles. The minimum atomic E-state index is -0.00945. The quantitative estimate of drug-likeness (QED) is 0.836. The van der Waals surface area contributed by atoms with Gasteiger partial charge in [-0.1, -0.05) is 0 Å². The molecule has 0 atom stereocenters. The first kappa shape index (κ1) is 15.1. The van der Waals surface area contributed by atoms with Crippen LogP contribution < -0.4 is 15.6 Å². The molecule has 1 aliphatic heterocycles. The summed E-state index contributed by atoms with van der Waals surface area (Å²) >= 11 is 0. The van der Waals surface area contributed by atoms with Crippen LogP contribution in [0, 0.1) is 5.92 Å². The highest BCUT2D eigenvalue weighted by atomic mass is 16.5. The first-order valence-corrected chi connectivity index (χ1v) is 7.34. The molecule has 0 spiro atoms. The number of piperidine rings is 1. The van der Waals surface area contributed by atoms with Gasteiger partial charge in [0.05, 0.1) is 0 Å². The number of likely N-dealkylation sites (N-methyl/N-ethyl adjacent to an activating group) is 1. The third-order valence-electron chi connectivity index (χ3n) is 3.69. The van der Waals surface area contributed by atoms with Crippen LogP contribution in [0.1, 0.15) is 12.8 Å². The first-order valence-electron chi connectivity index (χ1n) is 7.34. The molecule has 2 heterocycles. The van der Waals surface area contributed by atoms with E-state index in [1.54, 1.807) is 10.6 Å². The van der Waals surface area contributed by atoms with Crippen LogP contribution in [-0.4, -0.2) is 49.8 Å². The Bertz CT molecular complexity index is 464. The number of ether oxygens (including phenoxy) is 1. The summed E-state index contributed by atoms with van der Waals surface area (Å²) in [7, 11) is 3.98. The molecule has 5 heteroatoms. The molecule has 1 aromatic rings. The van der Waals surface area contributed by atoms with Crippen molar-refractivity contribution in [2.45, 2.75) is 19.4 Å². The minimum Gasteiger partial charge on any atom is -0.487 e. The van der Waals surface area contributed by atoms with Crippen molar-refractivity contribution in [3.8, 4) is 5.75 Å². The Hall–Kier alpha value is -1.33. The number of pyridine rings is 1. The zero-order valence-electron chi connectivity index (χ0n) is 12.5. The third-order valence-corrected chi connectivity index (χ3v) is 3.69. The van der Waals surface area contributed by atoms with Gasteiger partial charge in [-0.2, -0.15) is 0 Å². The zero-order chi connectivity index (χ0) is 14.4. The molecule has 1 aliphatic rings. The normalized spacial score (nSPS) is 16.6. The molecule has 20 heavy (non-hydrogen) atoms. The Morgan fingerprint density at radius 1 is 1.40 bits per heavy atom. The fourth-order valence-corrected chi connectivity index (χ4v) is 2.45. The molecule has 1 N–H and O–H groups in total. The number of hydrogen-bond acceptors (Lipinski definition) is 4. The summed E-state index contributed by atoms with van der Waals surface area (Å²) < 4.78 is 7.38. The lowest BCUT2D eigenvalue weighted by molar-refractivity contribution is 0.255. The maximum absolute atomic E-state index is 12.3. The lowest BCUT2D eigenvalue weighted by Crippen LogP contribution is -2.32. The third kappa shape index (κ3) is 4.35. The van der Waals surface area contributed by atoms with Gasteiger partial charge in [-0.15, -0.1) is 0 Å². The van der Waals surface area contributed by atoms with Gasteiger partial charge in [0.1, 0.15) is 6.61 Å². The van der Waals surface area contributed by atoms with Crippen molar-refractivity contribution in [1.29, 1.82) is 0 Å². The number of nitrogens with zero attached hydrogens (tertiary/aromatic N) is 2. The number of nitrogens with one attached hydrogen (secondary N) is 1. The standard InChI is InChI=1S/C15H25N3O2/c1-17(2)10-11-20-14-4-3-9-18(15(14)19)12-13-5-7-16-8-6-13/h3-4,9,13,16H,5-8,10-12H2,1-2H3. The minimum absolute atomic E-state index is 0.00945. The van der Waals surface area contributed by atoms with E-state index in [0.29, 0.717) is 18.3 Å². The van der Waals surface area contributed by atoms with E-state index in [-0.39, 0.29) is 5.56 Å². The molecule has 1 saturated heterocycles. The average Bonchev–Trinajstić information content (AvgIpc) is 2.44. The molecule has 0 saturated carbocycles. The second-order valence-electron chi connectivity index (χ2n) is 5.68. The monoisotopic (exact) mass is 279 g/mol. The maximum atomic E-state index is 12.3. The van der Waals surface area contributed by atoms with Crippen molar-refractivity contribution < 1.29 is 4.74 Å². The summed E-state index contributed by atoms with van der Waals surface area (Å²) in [6.07, 6.45) is 4.14. The van der Waals surface area contributed by atoms with Crippen LogP contribution in [0.15, 0.2) is 23.1 Å². The maximum Gasteiger partial charge on any atom is 0.292 e. The van der Waals surface area contributed by atoms with Gasteiger partial charge in [-0.05, 0) is 58.1 Å². The van der Waals surface area contributed by atoms with Crippen LogP contribution in [0.5, 0.6) is 5.75 Å². The zero-order valence-corrected chi connectivity index (χ0v) is 12.5. The van der Waals surface area contributed by atoms with Crippen molar-refractivity contribution in [1.82, 2.24) is 14.8 Å². The van der Waals surface area contributed by atoms with Crippen LogP contribution in [-0.2, 0) is 6.54 Å². The van der Waals surface area contributed by atoms with E-state index in [2.05, 4.69) is 5.32 Å². The molecule has 1 fully saturated rings. The highest BCUT2D eigenvalue weighted by Gasteiger charge is 2.15. The van der Waals surface area contributed by atoms with Crippen molar-refractivity contribution in [2.24, 2.45) is 5.92 Å². The number of rotatable bonds is 6. The van der Waals surface area contributed by atoms with Gasteiger partial charge >= 0.3 is 0 Å². The van der Waals surface area contributed by atoms with Gasteiger partial charge in [0.25, 0.3) is 5.56 Å². The molecule has 0 aromatic carbocycles. The SMILES string of the molecule is CN(C)CCOc1cccn(CC2CCNCC2)c1=O. The van der Waals surface area contributed by atoms with Crippen LogP contribution in [0.3, 0.4) is 0 Å².